The summed E-state index contributed by atoms with van der Waals surface area (Å²) >= 11 is 0. The minimum atomic E-state index is -0.484. The number of benzene rings is 1. The number of amides is 1. The first-order valence-corrected chi connectivity index (χ1v) is 7.08. The highest BCUT2D eigenvalue weighted by Gasteiger charge is 2.13. The molecular formula is C15H24N2O3. The van der Waals surface area contributed by atoms with Gasteiger partial charge in [0, 0.05) is 11.8 Å². The molecule has 5 nitrogen and oxygen atoms in total. The van der Waals surface area contributed by atoms with Crippen LogP contribution < -0.4 is 20.5 Å². The Bertz CT molecular complexity index is 435. The molecule has 0 aromatic heterocycles. The lowest BCUT2D eigenvalue weighted by Gasteiger charge is -2.14. The van der Waals surface area contributed by atoms with Crippen molar-refractivity contribution >= 4 is 11.6 Å². The number of nitrogens with one attached hydrogen (secondary N) is 1. The van der Waals surface area contributed by atoms with Crippen LogP contribution in [0, 0.1) is 0 Å². The van der Waals surface area contributed by atoms with E-state index in [0.717, 1.165) is 6.42 Å². The van der Waals surface area contributed by atoms with E-state index in [1.165, 1.54) is 0 Å². The van der Waals surface area contributed by atoms with Crippen LogP contribution in [-0.2, 0) is 4.79 Å². The Labute approximate surface area is 120 Å². The van der Waals surface area contributed by atoms with Gasteiger partial charge in [-0.15, -0.1) is 0 Å². The molecule has 0 radical (unpaired) electrons. The molecule has 1 amide bonds. The van der Waals surface area contributed by atoms with Gasteiger partial charge >= 0.3 is 0 Å². The average Bonchev–Trinajstić information content (AvgIpc) is 2.42. The fourth-order valence-corrected chi connectivity index (χ4v) is 1.81. The average molecular weight is 280 g/mol. The van der Waals surface area contributed by atoms with Crippen molar-refractivity contribution < 1.29 is 14.3 Å². The second-order valence-electron chi connectivity index (χ2n) is 4.41. The van der Waals surface area contributed by atoms with Crippen LogP contribution in [0.3, 0.4) is 0 Å². The first-order valence-electron chi connectivity index (χ1n) is 7.08. The number of nitrogens with two attached hydrogens (primary N) is 1. The number of carbonyl (C=O) groups excluding carboxylic acids is 1. The number of rotatable bonds is 8. The maximum Gasteiger partial charge on any atom is 0.241 e. The summed E-state index contributed by atoms with van der Waals surface area (Å²) in [6.07, 6.45) is 1.54. The van der Waals surface area contributed by atoms with Crippen LogP contribution in [0.1, 0.15) is 33.6 Å². The summed E-state index contributed by atoms with van der Waals surface area (Å²) in [5.74, 6) is 1.11. The van der Waals surface area contributed by atoms with Crippen LogP contribution in [-0.4, -0.2) is 25.2 Å². The SMILES string of the molecule is CCCC(N)C(=O)Nc1ccc(OCC)c(OCC)c1. The van der Waals surface area contributed by atoms with Gasteiger partial charge in [-0.2, -0.15) is 0 Å². The summed E-state index contributed by atoms with van der Waals surface area (Å²) in [6.45, 7) is 6.91. The predicted octanol–water partition coefficient (Wildman–Crippen LogP) is 2.55. The normalized spacial score (nSPS) is 11.8. The van der Waals surface area contributed by atoms with Crippen molar-refractivity contribution in [3.8, 4) is 11.5 Å². The predicted molar refractivity (Wildman–Crippen MR) is 80.3 cm³/mol. The number of anilines is 1. The van der Waals surface area contributed by atoms with Gasteiger partial charge in [0.1, 0.15) is 0 Å². The third-order valence-corrected chi connectivity index (χ3v) is 2.75. The number of carbonyl (C=O) groups is 1. The lowest BCUT2D eigenvalue weighted by molar-refractivity contribution is -0.117. The van der Waals surface area contributed by atoms with E-state index in [4.69, 9.17) is 15.2 Å². The zero-order valence-corrected chi connectivity index (χ0v) is 12.4. The Hall–Kier alpha value is -1.75. The van der Waals surface area contributed by atoms with Gasteiger partial charge in [-0.25, -0.2) is 0 Å². The van der Waals surface area contributed by atoms with Crippen molar-refractivity contribution in [3.63, 3.8) is 0 Å². The third kappa shape index (κ3) is 4.74. The van der Waals surface area contributed by atoms with E-state index < -0.39 is 6.04 Å². The fraction of sp³-hybridized carbons (Fsp3) is 0.533. The Morgan fingerprint density at radius 3 is 2.45 bits per heavy atom. The van der Waals surface area contributed by atoms with Gasteiger partial charge in [0.2, 0.25) is 5.91 Å². The molecule has 0 aliphatic carbocycles. The summed E-state index contributed by atoms with van der Waals surface area (Å²) in [6, 6.07) is 4.84. The lowest BCUT2D eigenvalue weighted by Crippen LogP contribution is -2.35. The molecule has 0 saturated heterocycles. The van der Waals surface area contributed by atoms with E-state index in [-0.39, 0.29) is 5.91 Å². The summed E-state index contributed by atoms with van der Waals surface area (Å²) in [5, 5.41) is 2.80. The van der Waals surface area contributed by atoms with E-state index in [9.17, 15) is 4.79 Å². The molecule has 0 bridgehead atoms. The van der Waals surface area contributed by atoms with Crippen LogP contribution in [0.5, 0.6) is 11.5 Å². The minimum Gasteiger partial charge on any atom is -0.490 e. The van der Waals surface area contributed by atoms with Crippen molar-refractivity contribution in [2.45, 2.75) is 39.7 Å². The van der Waals surface area contributed by atoms with Crippen LogP contribution in [0.25, 0.3) is 0 Å². The molecule has 1 rings (SSSR count). The molecule has 0 heterocycles. The highest BCUT2D eigenvalue weighted by atomic mass is 16.5. The molecule has 3 N–H and O–H groups in total. The van der Waals surface area contributed by atoms with Crippen LogP contribution in [0.4, 0.5) is 5.69 Å². The molecule has 1 aromatic rings. The van der Waals surface area contributed by atoms with Gasteiger partial charge < -0.3 is 20.5 Å². The molecule has 112 valence electrons. The van der Waals surface area contributed by atoms with Crippen molar-refractivity contribution in [2.75, 3.05) is 18.5 Å². The largest absolute Gasteiger partial charge is 0.490 e. The molecule has 0 saturated carbocycles. The highest BCUT2D eigenvalue weighted by molar-refractivity contribution is 5.94. The van der Waals surface area contributed by atoms with Gasteiger partial charge in [0.05, 0.1) is 19.3 Å². The third-order valence-electron chi connectivity index (χ3n) is 2.75. The maximum atomic E-state index is 11.9. The Balaban J connectivity index is 2.80. The quantitative estimate of drug-likeness (QED) is 0.767. The Morgan fingerprint density at radius 2 is 1.85 bits per heavy atom. The second-order valence-corrected chi connectivity index (χ2v) is 4.41. The Morgan fingerprint density at radius 1 is 1.20 bits per heavy atom. The number of hydrogen-bond donors (Lipinski definition) is 2. The highest BCUT2D eigenvalue weighted by Crippen LogP contribution is 2.30. The zero-order chi connectivity index (χ0) is 15.0. The molecule has 0 aliphatic heterocycles. The molecule has 0 spiro atoms. The van der Waals surface area contributed by atoms with Crippen LogP contribution in [0.2, 0.25) is 0 Å². The van der Waals surface area contributed by atoms with Gasteiger partial charge in [0.25, 0.3) is 0 Å². The van der Waals surface area contributed by atoms with Crippen LogP contribution >= 0.6 is 0 Å². The molecule has 20 heavy (non-hydrogen) atoms. The molecule has 1 atom stereocenters. The van der Waals surface area contributed by atoms with E-state index in [1.54, 1.807) is 18.2 Å². The lowest BCUT2D eigenvalue weighted by atomic mass is 10.1. The van der Waals surface area contributed by atoms with E-state index in [1.807, 2.05) is 20.8 Å². The summed E-state index contributed by atoms with van der Waals surface area (Å²) in [4.78, 5) is 11.9. The molecular weight excluding hydrogens is 256 g/mol. The molecule has 0 aliphatic rings. The first kappa shape index (κ1) is 16.3. The van der Waals surface area contributed by atoms with E-state index in [2.05, 4.69) is 5.32 Å². The summed E-state index contributed by atoms with van der Waals surface area (Å²) < 4.78 is 11.0. The first-order chi connectivity index (χ1) is 9.62. The van der Waals surface area contributed by atoms with Crippen molar-refractivity contribution in [1.82, 2.24) is 0 Å². The standard InChI is InChI=1S/C15H24N2O3/c1-4-7-12(16)15(18)17-11-8-9-13(19-5-2)14(10-11)20-6-3/h8-10,12H,4-7,16H2,1-3H3,(H,17,18). The zero-order valence-electron chi connectivity index (χ0n) is 12.4. The molecule has 1 unspecified atom stereocenters. The van der Waals surface area contributed by atoms with Gasteiger partial charge in [0.15, 0.2) is 11.5 Å². The molecule has 0 fully saturated rings. The summed E-state index contributed by atoms with van der Waals surface area (Å²) in [7, 11) is 0. The Kier molecular flexibility index (Phi) is 6.87. The van der Waals surface area contributed by atoms with Crippen LogP contribution in [0.15, 0.2) is 18.2 Å². The fourth-order valence-electron chi connectivity index (χ4n) is 1.81. The number of ether oxygens (including phenoxy) is 2. The monoisotopic (exact) mass is 280 g/mol. The van der Waals surface area contributed by atoms with Crippen molar-refractivity contribution in [2.24, 2.45) is 5.73 Å². The maximum absolute atomic E-state index is 11.9. The van der Waals surface area contributed by atoms with E-state index in [0.29, 0.717) is 36.8 Å². The summed E-state index contributed by atoms with van der Waals surface area (Å²) in [5.41, 5.74) is 6.44. The van der Waals surface area contributed by atoms with E-state index >= 15 is 0 Å². The van der Waals surface area contributed by atoms with Gasteiger partial charge in [-0.05, 0) is 32.4 Å². The van der Waals surface area contributed by atoms with Gasteiger partial charge in [-0.1, -0.05) is 13.3 Å². The van der Waals surface area contributed by atoms with Crippen molar-refractivity contribution in [3.05, 3.63) is 18.2 Å². The van der Waals surface area contributed by atoms with Crippen molar-refractivity contribution in [1.29, 1.82) is 0 Å². The van der Waals surface area contributed by atoms with Gasteiger partial charge in [-0.3, -0.25) is 4.79 Å². The smallest absolute Gasteiger partial charge is 0.241 e. The second kappa shape index (κ2) is 8.43. The minimum absolute atomic E-state index is 0.182. The molecule has 5 heteroatoms. The topological polar surface area (TPSA) is 73.6 Å². The molecule has 1 aromatic carbocycles. The number of hydrogen-bond acceptors (Lipinski definition) is 4.